The highest BCUT2D eigenvalue weighted by Crippen LogP contribution is 2.35. The quantitative estimate of drug-likeness (QED) is 0.671. The first-order valence-corrected chi connectivity index (χ1v) is 7.39. The molecule has 0 radical (unpaired) electrons. The van der Waals surface area contributed by atoms with Crippen LogP contribution in [0.1, 0.15) is 32.8 Å². The van der Waals surface area contributed by atoms with Crippen LogP contribution in [0.15, 0.2) is 34.5 Å². The number of hydrogen-bond donors (Lipinski definition) is 1. The van der Waals surface area contributed by atoms with Gasteiger partial charge in [0.15, 0.2) is 0 Å². The number of anilines is 1. The molecule has 122 valence electrons. The Kier molecular flexibility index (Phi) is 4.70. The van der Waals surface area contributed by atoms with Crippen molar-refractivity contribution in [2.24, 2.45) is 4.99 Å². The summed E-state index contributed by atoms with van der Waals surface area (Å²) in [6, 6.07) is 4.37. The van der Waals surface area contributed by atoms with E-state index in [2.05, 4.69) is 10.3 Å². The Labute approximate surface area is 138 Å². The number of halogens is 1. The zero-order valence-corrected chi connectivity index (χ0v) is 13.7. The van der Waals surface area contributed by atoms with Crippen LogP contribution in [0.4, 0.5) is 11.4 Å². The predicted molar refractivity (Wildman–Crippen MR) is 87.7 cm³/mol. The minimum Gasteiger partial charge on any atom is -0.440 e. The first-order valence-electron chi connectivity index (χ1n) is 6.95. The van der Waals surface area contributed by atoms with E-state index < -0.39 is 10.5 Å². The standard InChI is InChI=1S/C15H16ClN3O4/c1-4-15(3)13(8-16)23-14(18-15)10-5-6-11(17-9(2)20)12(7-10)19(21)22/h5-8H,4H2,1-3H3,(H,17,20). The fourth-order valence-electron chi connectivity index (χ4n) is 2.14. The Bertz CT molecular complexity index is 729. The van der Waals surface area contributed by atoms with Crippen LogP contribution in [-0.2, 0) is 9.53 Å². The van der Waals surface area contributed by atoms with Crippen LogP contribution in [0.3, 0.4) is 0 Å². The Morgan fingerprint density at radius 1 is 1.57 bits per heavy atom. The minimum atomic E-state index is -0.595. The van der Waals surface area contributed by atoms with E-state index in [0.717, 1.165) is 0 Å². The van der Waals surface area contributed by atoms with Crippen molar-refractivity contribution in [3.63, 3.8) is 0 Å². The maximum Gasteiger partial charge on any atom is 0.293 e. The number of benzene rings is 1. The van der Waals surface area contributed by atoms with Crippen molar-refractivity contribution in [3.8, 4) is 0 Å². The summed E-state index contributed by atoms with van der Waals surface area (Å²) in [6.07, 6.45) is 0.668. The average molecular weight is 338 g/mol. The summed E-state index contributed by atoms with van der Waals surface area (Å²) in [5, 5.41) is 13.6. The second-order valence-electron chi connectivity index (χ2n) is 5.29. The van der Waals surface area contributed by atoms with E-state index in [9.17, 15) is 14.9 Å². The molecule has 1 aromatic rings. The van der Waals surface area contributed by atoms with Crippen LogP contribution in [0, 0.1) is 10.1 Å². The molecule has 0 aromatic heterocycles. The number of nitrogens with zero attached hydrogens (tertiary/aromatic N) is 2. The Hall–Kier alpha value is -2.41. The van der Waals surface area contributed by atoms with Crippen LogP contribution >= 0.6 is 11.6 Å². The van der Waals surface area contributed by atoms with Crippen LogP contribution in [-0.4, -0.2) is 22.3 Å². The van der Waals surface area contributed by atoms with Crippen LogP contribution < -0.4 is 5.32 Å². The van der Waals surface area contributed by atoms with Gasteiger partial charge in [0.2, 0.25) is 11.8 Å². The number of amides is 1. The van der Waals surface area contributed by atoms with Gasteiger partial charge in [-0.2, -0.15) is 0 Å². The fraction of sp³-hybridized carbons (Fsp3) is 0.333. The zero-order valence-electron chi connectivity index (χ0n) is 12.9. The maximum absolute atomic E-state index is 11.2. The molecule has 2 rings (SSSR count). The molecular formula is C15H16ClN3O4. The molecule has 1 aliphatic heterocycles. The number of nitrogens with one attached hydrogen (secondary N) is 1. The fourth-order valence-corrected chi connectivity index (χ4v) is 2.42. The monoisotopic (exact) mass is 337 g/mol. The first-order chi connectivity index (χ1) is 10.8. The van der Waals surface area contributed by atoms with Crippen LogP contribution in [0.2, 0.25) is 0 Å². The maximum atomic E-state index is 11.2. The third-order valence-corrected chi connectivity index (χ3v) is 3.82. The Morgan fingerprint density at radius 2 is 2.26 bits per heavy atom. The third kappa shape index (κ3) is 3.34. The smallest absolute Gasteiger partial charge is 0.293 e. The van der Waals surface area contributed by atoms with E-state index in [1.807, 2.05) is 13.8 Å². The summed E-state index contributed by atoms with van der Waals surface area (Å²) in [7, 11) is 0. The van der Waals surface area contributed by atoms with Gasteiger partial charge in [0.05, 0.1) is 4.92 Å². The molecule has 0 saturated carbocycles. The molecular weight excluding hydrogens is 322 g/mol. The summed E-state index contributed by atoms with van der Waals surface area (Å²) in [4.78, 5) is 26.3. The number of rotatable bonds is 4. The number of aliphatic imine (C=N–C) groups is 1. The Morgan fingerprint density at radius 3 is 2.74 bits per heavy atom. The normalized spacial score (nSPS) is 21.7. The van der Waals surface area contributed by atoms with E-state index in [1.54, 1.807) is 6.07 Å². The van der Waals surface area contributed by atoms with E-state index in [0.29, 0.717) is 17.7 Å². The summed E-state index contributed by atoms with van der Waals surface area (Å²) in [5.41, 5.74) is 1.06. The van der Waals surface area contributed by atoms with Gasteiger partial charge in [0, 0.05) is 24.1 Å². The highest BCUT2D eigenvalue weighted by molar-refractivity contribution is 6.26. The average Bonchev–Trinajstić information content (AvgIpc) is 2.84. The van der Waals surface area contributed by atoms with Crippen LogP contribution in [0.5, 0.6) is 0 Å². The third-order valence-electron chi connectivity index (χ3n) is 3.63. The number of ether oxygens (including phenoxy) is 1. The van der Waals surface area contributed by atoms with Gasteiger partial charge in [-0.3, -0.25) is 14.9 Å². The van der Waals surface area contributed by atoms with Crippen LogP contribution in [0.25, 0.3) is 0 Å². The largest absolute Gasteiger partial charge is 0.440 e. The predicted octanol–water partition coefficient (Wildman–Crippen LogP) is 3.58. The molecule has 0 bridgehead atoms. The molecule has 1 aromatic carbocycles. The van der Waals surface area contributed by atoms with Gasteiger partial charge in [0.25, 0.3) is 5.69 Å². The second-order valence-corrected chi connectivity index (χ2v) is 5.51. The lowest BCUT2D eigenvalue weighted by atomic mass is 9.99. The van der Waals surface area contributed by atoms with E-state index in [1.165, 1.54) is 24.6 Å². The lowest BCUT2D eigenvalue weighted by molar-refractivity contribution is -0.383. The molecule has 0 spiro atoms. The van der Waals surface area contributed by atoms with Gasteiger partial charge < -0.3 is 10.1 Å². The molecule has 1 amide bonds. The SMILES string of the molecule is CCC1(C)N=C(c2ccc(NC(C)=O)c([N+](=O)[O-])c2)OC1=CCl. The summed E-state index contributed by atoms with van der Waals surface area (Å²) in [6.45, 7) is 5.10. The lowest BCUT2D eigenvalue weighted by Gasteiger charge is -2.16. The topological polar surface area (TPSA) is 93.8 Å². The molecule has 7 nitrogen and oxygen atoms in total. The number of carbonyl (C=O) groups is 1. The summed E-state index contributed by atoms with van der Waals surface area (Å²) >= 11 is 5.77. The minimum absolute atomic E-state index is 0.121. The van der Waals surface area contributed by atoms with E-state index in [4.69, 9.17) is 16.3 Å². The molecule has 1 aliphatic rings. The summed E-state index contributed by atoms with van der Waals surface area (Å²) < 4.78 is 5.63. The van der Waals surface area contributed by atoms with E-state index >= 15 is 0 Å². The highest BCUT2D eigenvalue weighted by atomic mass is 35.5. The van der Waals surface area contributed by atoms with E-state index in [-0.39, 0.29) is 23.2 Å². The first kappa shape index (κ1) is 17.0. The molecule has 0 fully saturated rings. The van der Waals surface area contributed by atoms with Crippen molar-refractivity contribution in [1.82, 2.24) is 0 Å². The van der Waals surface area contributed by atoms with Crippen molar-refractivity contribution >= 4 is 34.8 Å². The van der Waals surface area contributed by atoms with Gasteiger partial charge in [-0.05, 0) is 25.5 Å². The Balaban J connectivity index is 2.46. The number of nitro groups is 1. The lowest BCUT2D eigenvalue weighted by Crippen LogP contribution is -2.19. The molecule has 1 unspecified atom stereocenters. The van der Waals surface area contributed by atoms with Crippen molar-refractivity contribution in [2.75, 3.05) is 5.32 Å². The van der Waals surface area contributed by atoms with Crippen molar-refractivity contribution in [1.29, 1.82) is 0 Å². The molecule has 0 aliphatic carbocycles. The molecule has 1 atom stereocenters. The molecule has 8 heteroatoms. The molecule has 0 saturated heterocycles. The summed E-state index contributed by atoms with van der Waals surface area (Å²) in [5.74, 6) is 0.366. The molecule has 1 heterocycles. The highest BCUT2D eigenvalue weighted by Gasteiger charge is 2.36. The van der Waals surface area contributed by atoms with Crippen molar-refractivity contribution in [3.05, 3.63) is 45.2 Å². The molecule has 23 heavy (non-hydrogen) atoms. The van der Waals surface area contributed by atoms with Gasteiger partial charge in [-0.15, -0.1) is 0 Å². The van der Waals surface area contributed by atoms with Gasteiger partial charge >= 0.3 is 0 Å². The van der Waals surface area contributed by atoms with Gasteiger partial charge in [-0.1, -0.05) is 18.5 Å². The van der Waals surface area contributed by atoms with Gasteiger partial charge in [0.1, 0.15) is 17.0 Å². The number of nitro benzene ring substituents is 1. The molecule has 1 N–H and O–H groups in total. The number of carbonyl (C=O) groups excluding carboxylic acids is 1. The van der Waals surface area contributed by atoms with Gasteiger partial charge in [-0.25, -0.2) is 4.99 Å². The van der Waals surface area contributed by atoms with Crippen molar-refractivity contribution < 1.29 is 14.5 Å². The second kappa shape index (κ2) is 6.37. The zero-order chi connectivity index (χ0) is 17.2. The van der Waals surface area contributed by atoms with Crippen molar-refractivity contribution in [2.45, 2.75) is 32.7 Å². The number of hydrogen-bond acceptors (Lipinski definition) is 5.